The summed E-state index contributed by atoms with van der Waals surface area (Å²) in [5, 5.41) is 3.49. The molecule has 0 radical (unpaired) electrons. The lowest BCUT2D eigenvalue weighted by Crippen LogP contribution is -2.55. The van der Waals surface area contributed by atoms with Crippen molar-refractivity contribution in [3.63, 3.8) is 0 Å². The van der Waals surface area contributed by atoms with Crippen LogP contribution in [0.1, 0.15) is 39.7 Å². The first kappa shape index (κ1) is 31.0. The number of ether oxygens (including phenoxy) is 1. The Bertz CT molecular complexity index is 1410. The molecular weight excluding hydrogens is 550 g/mol. The topological polar surface area (TPSA) is 96.0 Å². The molecule has 1 unspecified atom stereocenters. The van der Waals surface area contributed by atoms with Crippen molar-refractivity contribution >= 4 is 39.1 Å². The Kier molecular flexibility index (Phi) is 10.2. The van der Waals surface area contributed by atoms with Crippen LogP contribution < -0.4 is 14.4 Å². The van der Waals surface area contributed by atoms with E-state index in [2.05, 4.69) is 5.32 Å². The van der Waals surface area contributed by atoms with E-state index in [0.717, 1.165) is 9.87 Å². The summed E-state index contributed by atoms with van der Waals surface area (Å²) >= 11 is 6.07. The van der Waals surface area contributed by atoms with Crippen LogP contribution in [0.3, 0.4) is 0 Å². The average Bonchev–Trinajstić information content (AvgIpc) is 2.92. The molecule has 3 aromatic carbocycles. The second kappa shape index (κ2) is 13.2. The standard InChI is InChI=1S/C30H36ClN3O5S/c1-6-25(29(36)32-30(2,3)4)33(20-22-16-18-23(31)19-17-22)28(35)21-34(26-14-10-11-15-27(26)39-5)40(37,38)24-12-8-7-9-13-24/h7-19,25H,6,20-21H2,1-5H3,(H,32,36). The molecule has 0 bridgehead atoms. The number of hydrogen-bond acceptors (Lipinski definition) is 5. The number of amides is 2. The molecule has 0 aliphatic carbocycles. The molecule has 0 spiro atoms. The van der Waals surface area contributed by atoms with Gasteiger partial charge in [-0.05, 0) is 69.2 Å². The van der Waals surface area contributed by atoms with Gasteiger partial charge in [0, 0.05) is 17.1 Å². The lowest BCUT2D eigenvalue weighted by Gasteiger charge is -2.35. The van der Waals surface area contributed by atoms with Crippen molar-refractivity contribution in [1.82, 2.24) is 10.2 Å². The minimum atomic E-state index is -4.19. The molecule has 214 valence electrons. The molecular formula is C30H36ClN3O5S. The average molecular weight is 586 g/mol. The Balaban J connectivity index is 2.09. The normalized spacial score (nSPS) is 12.3. The van der Waals surface area contributed by atoms with E-state index >= 15 is 0 Å². The van der Waals surface area contributed by atoms with Crippen LogP contribution in [-0.4, -0.2) is 50.4 Å². The van der Waals surface area contributed by atoms with Crippen molar-refractivity contribution in [1.29, 1.82) is 0 Å². The van der Waals surface area contributed by atoms with Crippen LogP contribution in [-0.2, 0) is 26.2 Å². The number of hydrogen-bond donors (Lipinski definition) is 1. The summed E-state index contributed by atoms with van der Waals surface area (Å²) in [6.45, 7) is 6.92. The molecule has 3 rings (SSSR count). The molecule has 0 heterocycles. The van der Waals surface area contributed by atoms with Gasteiger partial charge in [-0.1, -0.05) is 61.0 Å². The van der Waals surface area contributed by atoms with Crippen LogP contribution in [0.4, 0.5) is 5.69 Å². The van der Waals surface area contributed by atoms with E-state index in [9.17, 15) is 18.0 Å². The van der Waals surface area contributed by atoms with Gasteiger partial charge in [-0.2, -0.15) is 0 Å². The molecule has 2 amide bonds. The number of anilines is 1. The first-order valence-corrected chi connectivity index (χ1v) is 14.8. The molecule has 40 heavy (non-hydrogen) atoms. The van der Waals surface area contributed by atoms with Crippen LogP contribution in [0, 0.1) is 0 Å². The minimum Gasteiger partial charge on any atom is -0.495 e. The van der Waals surface area contributed by atoms with Crippen molar-refractivity contribution in [3.8, 4) is 5.75 Å². The maximum Gasteiger partial charge on any atom is 0.264 e. The molecule has 0 aliphatic rings. The number of nitrogens with one attached hydrogen (secondary N) is 1. The van der Waals surface area contributed by atoms with Gasteiger partial charge in [0.2, 0.25) is 11.8 Å². The molecule has 0 aromatic heterocycles. The van der Waals surface area contributed by atoms with Gasteiger partial charge in [-0.15, -0.1) is 0 Å². The second-order valence-electron chi connectivity index (χ2n) is 10.3. The maximum atomic E-state index is 14.1. The van der Waals surface area contributed by atoms with E-state index in [1.54, 1.807) is 66.7 Å². The van der Waals surface area contributed by atoms with E-state index in [1.165, 1.54) is 24.1 Å². The van der Waals surface area contributed by atoms with Crippen molar-refractivity contribution < 1.29 is 22.7 Å². The Morgan fingerprint density at radius 3 is 2.12 bits per heavy atom. The fourth-order valence-corrected chi connectivity index (χ4v) is 5.80. The number of carbonyl (C=O) groups excluding carboxylic acids is 2. The van der Waals surface area contributed by atoms with Gasteiger partial charge in [0.25, 0.3) is 10.0 Å². The summed E-state index contributed by atoms with van der Waals surface area (Å²) < 4.78 is 34.3. The molecule has 8 nitrogen and oxygen atoms in total. The van der Waals surface area contributed by atoms with Crippen LogP contribution in [0.5, 0.6) is 5.75 Å². The number of para-hydroxylation sites is 2. The van der Waals surface area contributed by atoms with Gasteiger partial charge >= 0.3 is 0 Å². The molecule has 1 N–H and O–H groups in total. The summed E-state index contributed by atoms with van der Waals surface area (Å²) in [6, 6.07) is 20.6. The van der Waals surface area contributed by atoms with Gasteiger partial charge in [-0.25, -0.2) is 8.42 Å². The van der Waals surface area contributed by atoms with Crippen molar-refractivity contribution in [2.45, 2.75) is 57.1 Å². The van der Waals surface area contributed by atoms with E-state index < -0.39 is 34.1 Å². The fourth-order valence-electron chi connectivity index (χ4n) is 4.23. The molecule has 10 heteroatoms. The van der Waals surface area contributed by atoms with Crippen LogP contribution >= 0.6 is 11.6 Å². The van der Waals surface area contributed by atoms with Crippen LogP contribution in [0.25, 0.3) is 0 Å². The quantitative estimate of drug-likeness (QED) is 0.331. The molecule has 0 saturated carbocycles. The van der Waals surface area contributed by atoms with E-state index in [0.29, 0.717) is 11.4 Å². The summed E-state index contributed by atoms with van der Waals surface area (Å²) in [5.41, 5.74) is 0.426. The second-order valence-corrected chi connectivity index (χ2v) is 12.6. The number of benzene rings is 3. The third-order valence-corrected chi connectivity index (χ3v) is 8.14. The third kappa shape index (κ3) is 7.76. The first-order chi connectivity index (χ1) is 18.9. The van der Waals surface area contributed by atoms with E-state index in [4.69, 9.17) is 16.3 Å². The number of rotatable bonds is 11. The summed E-state index contributed by atoms with van der Waals surface area (Å²) in [5.74, 6) is -0.583. The fraction of sp³-hybridized carbons (Fsp3) is 0.333. The zero-order valence-corrected chi connectivity index (χ0v) is 25.0. The predicted octanol–water partition coefficient (Wildman–Crippen LogP) is 5.27. The SMILES string of the molecule is CCC(C(=O)NC(C)(C)C)N(Cc1ccc(Cl)cc1)C(=O)CN(c1ccccc1OC)S(=O)(=O)c1ccccc1. The van der Waals surface area contributed by atoms with Gasteiger partial charge in [0.05, 0.1) is 17.7 Å². The van der Waals surface area contributed by atoms with Gasteiger partial charge in [-0.3, -0.25) is 13.9 Å². The van der Waals surface area contributed by atoms with Crippen molar-refractivity contribution in [3.05, 3.63) is 89.4 Å². The maximum absolute atomic E-state index is 14.1. The van der Waals surface area contributed by atoms with Crippen molar-refractivity contribution in [2.75, 3.05) is 18.0 Å². The highest BCUT2D eigenvalue weighted by Gasteiger charge is 2.35. The monoisotopic (exact) mass is 585 g/mol. The predicted molar refractivity (Wildman–Crippen MR) is 158 cm³/mol. The van der Waals surface area contributed by atoms with Crippen LogP contribution in [0.15, 0.2) is 83.8 Å². The lowest BCUT2D eigenvalue weighted by atomic mass is 10.1. The first-order valence-electron chi connectivity index (χ1n) is 12.9. The van der Waals surface area contributed by atoms with Gasteiger partial charge in [0.1, 0.15) is 18.3 Å². The Morgan fingerprint density at radius 2 is 1.55 bits per heavy atom. The Labute approximate surface area is 241 Å². The smallest absolute Gasteiger partial charge is 0.264 e. The van der Waals surface area contributed by atoms with Crippen molar-refractivity contribution in [2.24, 2.45) is 0 Å². The van der Waals surface area contributed by atoms with Gasteiger partial charge in [0.15, 0.2) is 0 Å². The lowest BCUT2D eigenvalue weighted by molar-refractivity contribution is -0.141. The van der Waals surface area contributed by atoms with Crippen LogP contribution in [0.2, 0.25) is 5.02 Å². The highest BCUT2D eigenvalue weighted by atomic mass is 35.5. The Morgan fingerprint density at radius 1 is 0.950 bits per heavy atom. The molecule has 1 atom stereocenters. The molecule has 0 fully saturated rings. The highest BCUT2D eigenvalue weighted by molar-refractivity contribution is 7.92. The number of halogens is 1. The van der Waals surface area contributed by atoms with E-state index in [1.807, 2.05) is 27.7 Å². The summed E-state index contributed by atoms with van der Waals surface area (Å²) in [7, 11) is -2.75. The van der Waals surface area contributed by atoms with Gasteiger partial charge < -0.3 is 15.0 Å². The number of methoxy groups -OCH3 is 1. The summed E-state index contributed by atoms with van der Waals surface area (Å²) in [6.07, 6.45) is 0.321. The Hall–Kier alpha value is -3.56. The summed E-state index contributed by atoms with van der Waals surface area (Å²) in [4.78, 5) is 28.9. The molecule has 0 aliphatic heterocycles. The largest absolute Gasteiger partial charge is 0.495 e. The highest BCUT2D eigenvalue weighted by Crippen LogP contribution is 2.32. The number of nitrogens with zero attached hydrogens (tertiary/aromatic N) is 2. The number of carbonyl (C=O) groups is 2. The molecule has 0 saturated heterocycles. The molecule has 3 aromatic rings. The minimum absolute atomic E-state index is 0.0236. The third-order valence-electron chi connectivity index (χ3n) is 6.11. The zero-order valence-electron chi connectivity index (χ0n) is 23.4. The number of sulfonamides is 1. The van der Waals surface area contributed by atoms with E-state index in [-0.39, 0.29) is 28.8 Å². The zero-order chi connectivity index (χ0) is 29.5.